The van der Waals surface area contributed by atoms with E-state index in [9.17, 15) is 0 Å². The topological polar surface area (TPSA) is 38.9 Å². The van der Waals surface area contributed by atoms with E-state index in [2.05, 4.69) is 82.2 Å². The van der Waals surface area contributed by atoms with Crippen LogP contribution in [0.4, 0.5) is 0 Å². The first-order valence-corrected chi connectivity index (χ1v) is 11.0. The van der Waals surface area contributed by atoms with Crippen LogP contribution >= 0.6 is 12.2 Å². The number of hydrogen-bond donors (Lipinski definition) is 0. The molecule has 0 amide bonds. The van der Waals surface area contributed by atoms with Gasteiger partial charge in [-0.15, -0.1) is 0 Å². The van der Waals surface area contributed by atoms with Crippen LogP contribution < -0.4 is 0 Å². The summed E-state index contributed by atoms with van der Waals surface area (Å²) in [6.45, 7) is 0.602. The Morgan fingerprint density at radius 2 is 1.52 bits per heavy atom. The highest BCUT2D eigenvalue weighted by Gasteiger charge is 2.29. The molecule has 1 aliphatic carbocycles. The predicted octanol–water partition coefficient (Wildman–Crippen LogP) is 5.49. The lowest BCUT2D eigenvalue weighted by Crippen LogP contribution is -2.28. The van der Waals surface area contributed by atoms with Gasteiger partial charge >= 0.3 is 0 Å². The summed E-state index contributed by atoms with van der Waals surface area (Å²) >= 11 is 5.89. The lowest BCUT2D eigenvalue weighted by atomic mass is 9.98. The van der Waals surface area contributed by atoms with Crippen LogP contribution in [0.1, 0.15) is 36.1 Å². The Morgan fingerprint density at radius 3 is 2.06 bits per heavy atom. The van der Waals surface area contributed by atoms with Gasteiger partial charge in [0.05, 0.1) is 12.7 Å². The van der Waals surface area contributed by atoms with Crippen molar-refractivity contribution in [1.29, 1.82) is 0 Å². The molecule has 0 aliphatic heterocycles. The van der Waals surface area contributed by atoms with Gasteiger partial charge in [0.2, 0.25) is 0 Å². The normalized spacial score (nSPS) is 13.8. The van der Waals surface area contributed by atoms with Gasteiger partial charge in [-0.2, -0.15) is 5.10 Å². The van der Waals surface area contributed by atoms with Crippen LogP contribution in [0.2, 0.25) is 0 Å². The molecule has 4 aromatic rings. The number of rotatable bonds is 7. The summed E-state index contributed by atoms with van der Waals surface area (Å²) in [5.41, 5.74) is 3.55. The van der Waals surface area contributed by atoms with Crippen LogP contribution in [0.3, 0.4) is 0 Å². The average molecular weight is 428 g/mol. The maximum atomic E-state index is 5.89. The van der Waals surface area contributed by atoms with Crippen molar-refractivity contribution in [3.8, 4) is 11.4 Å². The van der Waals surface area contributed by atoms with Crippen molar-refractivity contribution in [3.05, 3.63) is 101 Å². The maximum absolute atomic E-state index is 5.89. The predicted molar refractivity (Wildman–Crippen MR) is 125 cm³/mol. The van der Waals surface area contributed by atoms with Gasteiger partial charge in [-0.3, -0.25) is 14.5 Å². The molecule has 0 unspecified atom stereocenters. The van der Waals surface area contributed by atoms with E-state index < -0.39 is 0 Å². The Bertz CT molecular complexity index is 1160. The minimum atomic E-state index is 0.111. The lowest BCUT2D eigenvalue weighted by Gasteiger charge is -2.28. The van der Waals surface area contributed by atoms with Crippen LogP contribution in [0.5, 0.6) is 0 Å². The molecule has 0 radical (unpaired) electrons. The third kappa shape index (κ3) is 4.09. The zero-order chi connectivity index (χ0) is 21.2. The van der Waals surface area contributed by atoms with Gasteiger partial charge in [0.15, 0.2) is 10.6 Å². The molecule has 1 aliphatic rings. The molecule has 0 saturated heterocycles. The second-order valence-electron chi connectivity index (χ2n) is 8.07. The van der Waals surface area contributed by atoms with Gasteiger partial charge in [-0.05, 0) is 55.4 Å². The maximum Gasteiger partial charge on any atom is 0.199 e. The van der Waals surface area contributed by atoms with E-state index in [1.807, 2.05) is 29.2 Å². The molecule has 1 fully saturated rings. The molecule has 2 aromatic heterocycles. The molecule has 31 heavy (non-hydrogen) atoms. The van der Waals surface area contributed by atoms with Crippen LogP contribution in [-0.4, -0.2) is 31.3 Å². The summed E-state index contributed by atoms with van der Waals surface area (Å²) in [6.07, 6.45) is 5.93. The quantitative estimate of drug-likeness (QED) is 0.366. The minimum Gasteiger partial charge on any atom is -0.297 e. The van der Waals surface area contributed by atoms with Crippen LogP contribution in [0.25, 0.3) is 11.4 Å². The monoisotopic (exact) mass is 427 g/mol. The van der Waals surface area contributed by atoms with Crippen molar-refractivity contribution in [2.45, 2.75) is 31.6 Å². The van der Waals surface area contributed by atoms with Crippen molar-refractivity contribution < 1.29 is 0 Å². The summed E-state index contributed by atoms with van der Waals surface area (Å²) < 4.78 is 4.96. The minimum absolute atomic E-state index is 0.111. The van der Waals surface area contributed by atoms with Gasteiger partial charge in [0.1, 0.15) is 0 Å². The SMILES string of the molecule is CN(Cn1nc(-c2ccncc2)n(C2CC2)c1=S)C(c1ccccc1)c1ccccc1. The molecule has 156 valence electrons. The van der Waals surface area contributed by atoms with Gasteiger partial charge in [-0.25, -0.2) is 4.68 Å². The Kier molecular flexibility index (Phi) is 5.49. The molecule has 1 saturated carbocycles. The fourth-order valence-corrected chi connectivity index (χ4v) is 4.47. The van der Waals surface area contributed by atoms with Crippen molar-refractivity contribution in [2.75, 3.05) is 7.05 Å². The van der Waals surface area contributed by atoms with Crippen molar-refractivity contribution in [1.82, 2.24) is 24.2 Å². The average Bonchev–Trinajstić information content (AvgIpc) is 3.60. The molecule has 0 atom stereocenters. The number of pyridine rings is 1. The summed E-state index contributed by atoms with van der Waals surface area (Å²) in [4.78, 5) is 6.46. The molecular formula is C25H25N5S. The first-order valence-electron chi connectivity index (χ1n) is 10.6. The summed E-state index contributed by atoms with van der Waals surface area (Å²) in [7, 11) is 2.13. The zero-order valence-corrected chi connectivity index (χ0v) is 18.3. The fraction of sp³-hybridized carbons (Fsp3) is 0.240. The Balaban J connectivity index is 1.52. The van der Waals surface area contributed by atoms with E-state index in [0.29, 0.717) is 12.7 Å². The van der Waals surface area contributed by atoms with Crippen LogP contribution in [-0.2, 0) is 6.67 Å². The number of hydrogen-bond acceptors (Lipinski definition) is 4. The van der Waals surface area contributed by atoms with Gasteiger partial charge in [0.25, 0.3) is 0 Å². The smallest absolute Gasteiger partial charge is 0.199 e. The van der Waals surface area contributed by atoms with Gasteiger partial charge in [-0.1, -0.05) is 60.7 Å². The largest absolute Gasteiger partial charge is 0.297 e. The molecule has 0 N–H and O–H groups in total. The fourth-order valence-electron chi connectivity index (χ4n) is 4.14. The number of nitrogens with zero attached hydrogens (tertiary/aromatic N) is 5. The van der Waals surface area contributed by atoms with Crippen molar-refractivity contribution >= 4 is 12.2 Å². The Morgan fingerprint density at radius 1 is 0.935 bits per heavy atom. The summed E-state index contributed by atoms with van der Waals surface area (Å²) in [5, 5.41) is 4.96. The van der Waals surface area contributed by atoms with E-state index >= 15 is 0 Å². The van der Waals surface area contributed by atoms with E-state index in [1.165, 1.54) is 11.1 Å². The molecule has 5 nitrogen and oxygen atoms in total. The van der Waals surface area contributed by atoms with E-state index in [-0.39, 0.29) is 6.04 Å². The van der Waals surface area contributed by atoms with Crippen LogP contribution in [0, 0.1) is 4.77 Å². The third-order valence-corrected chi connectivity index (χ3v) is 6.16. The zero-order valence-electron chi connectivity index (χ0n) is 17.5. The molecular weight excluding hydrogens is 402 g/mol. The molecule has 0 bridgehead atoms. The second kappa shape index (κ2) is 8.57. The van der Waals surface area contributed by atoms with Gasteiger partial charge in [0, 0.05) is 24.0 Å². The first kappa shape index (κ1) is 19.8. The Labute approximate surface area is 187 Å². The first-order chi connectivity index (χ1) is 15.2. The third-order valence-electron chi connectivity index (χ3n) is 5.75. The molecule has 5 rings (SSSR count). The molecule has 2 aromatic carbocycles. The Hall–Kier alpha value is -3.09. The van der Waals surface area contributed by atoms with Crippen LogP contribution in [0.15, 0.2) is 85.2 Å². The molecule has 2 heterocycles. The standard InChI is InChI=1S/C25H25N5S/c1-28(23(19-8-4-2-5-9-19)20-10-6-3-7-11-20)18-29-25(31)30(22-12-13-22)24(27-29)21-14-16-26-17-15-21/h2-11,14-17,22-23H,12-13,18H2,1H3. The highest BCUT2D eigenvalue weighted by molar-refractivity contribution is 7.71. The van der Waals surface area contributed by atoms with E-state index in [4.69, 9.17) is 17.3 Å². The molecule has 0 spiro atoms. The van der Waals surface area contributed by atoms with Crippen molar-refractivity contribution in [3.63, 3.8) is 0 Å². The van der Waals surface area contributed by atoms with Gasteiger partial charge < -0.3 is 0 Å². The summed E-state index contributed by atoms with van der Waals surface area (Å²) in [6, 6.07) is 25.8. The summed E-state index contributed by atoms with van der Waals surface area (Å²) in [5.74, 6) is 0.930. The van der Waals surface area contributed by atoms with E-state index in [1.54, 1.807) is 0 Å². The van der Waals surface area contributed by atoms with Crippen molar-refractivity contribution in [2.24, 2.45) is 0 Å². The number of aromatic nitrogens is 4. The highest BCUT2D eigenvalue weighted by Crippen LogP contribution is 2.38. The highest BCUT2D eigenvalue weighted by atomic mass is 32.1. The lowest BCUT2D eigenvalue weighted by molar-refractivity contribution is 0.207. The van der Waals surface area contributed by atoms with E-state index in [0.717, 1.165) is 29.0 Å². The number of benzene rings is 2. The second-order valence-corrected chi connectivity index (χ2v) is 8.43. The molecule has 6 heteroatoms.